The molecule has 0 radical (unpaired) electrons. The standard InChI is InChI=1S/C15H33NO/c1-3-4-5-6-8-11-14(2)12-9-7-10-13-15(16)17/h14-15,17H,3-13,16H2,1-2H3. The molecule has 2 heteroatoms. The SMILES string of the molecule is CCCCCCCC(C)CCCCCC(N)O. The summed E-state index contributed by atoms with van der Waals surface area (Å²) in [6, 6.07) is 0. The first-order valence-electron chi connectivity index (χ1n) is 7.60. The van der Waals surface area contributed by atoms with E-state index in [-0.39, 0.29) is 0 Å². The van der Waals surface area contributed by atoms with Crippen molar-refractivity contribution in [3.8, 4) is 0 Å². The van der Waals surface area contributed by atoms with Crippen LogP contribution in [0.25, 0.3) is 0 Å². The highest BCUT2D eigenvalue weighted by Gasteiger charge is 2.02. The van der Waals surface area contributed by atoms with Gasteiger partial charge in [-0.25, -0.2) is 0 Å². The van der Waals surface area contributed by atoms with Gasteiger partial charge in [0, 0.05) is 0 Å². The highest BCUT2D eigenvalue weighted by atomic mass is 16.3. The van der Waals surface area contributed by atoms with E-state index in [0.717, 1.165) is 18.8 Å². The molecule has 0 aliphatic heterocycles. The molecular weight excluding hydrogens is 210 g/mol. The molecule has 0 fully saturated rings. The molecule has 17 heavy (non-hydrogen) atoms. The van der Waals surface area contributed by atoms with Gasteiger partial charge in [0.25, 0.3) is 0 Å². The van der Waals surface area contributed by atoms with E-state index in [2.05, 4.69) is 13.8 Å². The van der Waals surface area contributed by atoms with E-state index in [1.807, 2.05) is 0 Å². The third-order valence-electron chi connectivity index (χ3n) is 3.50. The van der Waals surface area contributed by atoms with Crippen molar-refractivity contribution >= 4 is 0 Å². The fraction of sp³-hybridized carbons (Fsp3) is 1.00. The quantitative estimate of drug-likeness (QED) is 0.398. The lowest BCUT2D eigenvalue weighted by Gasteiger charge is -2.11. The van der Waals surface area contributed by atoms with Crippen LogP contribution in [0.2, 0.25) is 0 Å². The van der Waals surface area contributed by atoms with Gasteiger partial charge in [0.2, 0.25) is 0 Å². The Balaban J connectivity index is 3.14. The summed E-state index contributed by atoms with van der Waals surface area (Å²) in [6.07, 6.45) is 13.4. The van der Waals surface area contributed by atoms with Gasteiger partial charge < -0.3 is 10.8 Å². The molecule has 0 spiro atoms. The van der Waals surface area contributed by atoms with E-state index in [0.29, 0.717) is 0 Å². The van der Waals surface area contributed by atoms with Crippen molar-refractivity contribution in [1.82, 2.24) is 0 Å². The number of unbranched alkanes of at least 4 members (excludes halogenated alkanes) is 6. The normalized spacial score (nSPS) is 14.8. The Labute approximate surface area is 108 Å². The van der Waals surface area contributed by atoms with Gasteiger partial charge in [-0.3, -0.25) is 0 Å². The van der Waals surface area contributed by atoms with E-state index in [4.69, 9.17) is 10.8 Å². The molecule has 0 amide bonds. The van der Waals surface area contributed by atoms with Crippen molar-refractivity contribution in [1.29, 1.82) is 0 Å². The van der Waals surface area contributed by atoms with Crippen LogP contribution in [0.3, 0.4) is 0 Å². The van der Waals surface area contributed by atoms with Gasteiger partial charge in [-0.1, -0.05) is 71.6 Å². The van der Waals surface area contributed by atoms with Crippen LogP contribution in [0.5, 0.6) is 0 Å². The number of rotatable bonds is 12. The first-order valence-corrected chi connectivity index (χ1v) is 7.60. The third-order valence-corrected chi connectivity index (χ3v) is 3.50. The highest BCUT2D eigenvalue weighted by molar-refractivity contribution is 4.56. The van der Waals surface area contributed by atoms with Gasteiger partial charge in [-0.15, -0.1) is 0 Å². The summed E-state index contributed by atoms with van der Waals surface area (Å²) in [6.45, 7) is 4.64. The van der Waals surface area contributed by atoms with Gasteiger partial charge in [0.1, 0.15) is 6.23 Å². The van der Waals surface area contributed by atoms with Gasteiger partial charge in [-0.05, 0) is 18.8 Å². The van der Waals surface area contributed by atoms with Gasteiger partial charge >= 0.3 is 0 Å². The largest absolute Gasteiger partial charge is 0.379 e. The highest BCUT2D eigenvalue weighted by Crippen LogP contribution is 2.17. The Morgan fingerprint density at radius 1 is 0.824 bits per heavy atom. The van der Waals surface area contributed by atoms with Crippen LogP contribution in [-0.4, -0.2) is 11.3 Å². The molecule has 0 aliphatic rings. The minimum atomic E-state index is -0.606. The fourth-order valence-corrected chi connectivity index (χ4v) is 2.26. The molecule has 0 saturated carbocycles. The number of hydrogen-bond donors (Lipinski definition) is 2. The van der Waals surface area contributed by atoms with Gasteiger partial charge in [0.15, 0.2) is 0 Å². The van der Waals surface area contributed by atoms with Crippen molar-refractivity contribution in [3.63, 3.8) is 0 Å². The maximum Gasteiger partial charge on any atom is 0.102 e. The van der Waals surface area contributed by atoms with Crippen molar-refractivity contribution in [3.05, 3.63) is 0 Å². The first kappa shape index (κ1) is 16.9. The maximum absolute atomic E-state index is 8.93. The van der Waals surface area contributed by atoms with Crippen molar-refractivity contribution < 1.29 is 5.11 Å². The second kappa shape index (κ2) is 12.4. The Morgan fingerprint density at radius 2 is 1.29 bits per heavy atom. The first-order chi connectivity index (χ1) is 8.16. The number of aliphatic hydroxyl groups is 1. The number of aliphatic hydroxyl groups excluding tert-OH is 1. The van der Waals surface area contributed by atoms with Gasteiger partial charge in [-0.2, -0.15) is 0 Å². The predicted molar refractivity (Wildman–Crippen MR) is 75.8 cm³/mol. The van der Waals surface area contributed by atoms with Crippen LogP contribution in [-0.2, 0) is 0 Å². The summed E-state index contributed by atoms with van der Waals surface area (Å²) >= 11 is 0. The Morgan fingerprint density at radius 3 is 1.82 bits per heavy atom. The average molecular weight is 243 g/mol. The minimum Gasteiger partial charge on any atom is -0.379 e. The summed E-state index contributed by atoms with van der Waals surface area (Å²) in [5.41, 5.74) is 5.30. The van der Waals surface area contributed by atoms with E-state index in [9.17, 15) is 0 Å². The Bertz CT molecular complexity index is 148. The molecular formula is C15H33NO. The molecule has 0 rings (SSSR count). The van der Waals surface area contributed by atoms with E-state index >= 15 is 0 Å². The molecule has 2 unspecified atom stereocenters. The molecule has 0 heterocycles. The molecule has 2 nitrogen and oxygen atoms in total. The molecule has 0 bridgehead atoms. The van der Waals surface area contributed by atoms with Crippen LogP contribution < -0.4 is 5.73 Å². The molecule has 0 aromatic carbocycles. The van der Waals surface area contributed by atoms with Crippen molar-refractivity contribution in [2.24, 2.45) is 11.7 Å². The molecule has 104 valence electrons. The van der Waals surface area contributed by atoms with E-state index in [1.54, 1.807) is 0 Å². The summed E-state index contributed by atoms with van der Waals surface area (Å²) in [4.78, 5) is 0. The molecule has 3 N–H and O–H groups in total. The van der Waals surface area contributed by atoms with E-state index in [1.165, 1.54) is 57.8 Å². The third kappa shape index (κ3) is 13.9. The predicted octanol–water partition coefficient (Wildman–Crippen LogP) is 4.21. The van der Waals surface area contributed by atoms with Gasteiger partial charge in [0.05, 0.1) is 0 Å². The lowest BCUT2D eigenvalue weighted by molar-refractivity contribution is 0.168. The number of hydrogen-bond acceptors (Lipinski definition) is 2. The molecule has 0 aliphatic carbocycles. The van der Waals surface area contributed by atoms with Crippen molar-refractivity contribution in [2.45, 2.75) is 90.7 Å². The lowest BCUT2D eigenvalue weighted by Crippen LogP contribution is -2.17. The van der Waals surface area contributed by atoms with E-state index < -0.39 is 6.23 Å². The second-order valence-corrected chi connectivity index (χ2v) is 5.51. The smallest absolute Gasteiger partial charge is 0.102 e. The fourth-order valence-electron chi connectivity index (χ4n) is 2.26. The topological polar surface area (TPSA) is 46.2 Å². The summed E-state index contributed by atoms with van der Waals surface area (Å²) < 4.78 is 0. The van der Waals surface area contributed by atoms with Crippen LogP contribution in [0, 0.1) is 5.92 Å². The van der Waals surface area contributed by atoms with Crippen LogP contribution >= 0.6 is 0 Å². The maximum atomic E-state index is 8.93. The number of nitrogens with two attached hydrogens (primary N) is 1. The monoisotopic (exact) mass is 243 g/mol. The molecule has 0 saturated heterocycles. The Kier molecular flexibility index (Phi) is 12.3. The molecule has 0 aromatic rings. The van der Waals surface area contributed by atoms with Crippen LogP contribution in [0.4, 0.5) is 0 Å². The summed E-state index contributed by atoms with van der Waals surface area (Å²) in [5, 5.41) is 8.93. The lowest BCUT2D eigenvalue weighted by atomic mass is 9.96. The molecule has 2 atom stereocenters. The zero-order chi connectivity index (χ0) is 12.9. The van der Waals surface area contributed by atoms with Crippen molar-refractivity contribution in [2.75, 3.05) is 0 Å². The minimum absolute atomic E-state index is 0.606. The Hall–Kier alpha value is -0.0800. The average Bonchev–Trinajstić information content (AvgIpc) is 2.28. The van der Waals surface area contributed by atoms with Crippen LogP contribution in [0.15, 0.2) is 0 Å². The zero-order valence-electron chi connectivity index (χ0n) is 12.0. The zero-order valence-corrected chi connectivity index (χ0v) is 12.0. The molecule has 0 aromatic heterocycles. The summed E-state index contributed by atoms with van der Waals surface area (Å²) in [5.74, 6) is 0.874. The van der Waals surface area contributed by atoms with Crippen LogP contribution in [0.1, 0.15) is 84.5 Å². The summed E-state index contributed by atoms with van der Waals surface area (Å²) in [7, 11) is 0. The second-order valence-electron chi connectivity index (χ2n) is 5.51.